The summed E-state index contributed by atoms with van der Waals surface area (Å²) in [4.78, 5) is 42.9. The van der Waals surface area contributed by atoms with Crippen LogP contribution in [0.2, 0.25) is 0 Å². The predicted molar refractivity (Wildman–Crippen MR) is 170 cm³/mol. The number of aromatic nitrogens is 1. The summed E-state index contributed by atoms with van der Waals surface area (Å²) in [5, 5.41) is 9.28. The van der Waals surface area contributed by atoms with Crippen molar-refractivity contribution in [1.82, 2.24) is 10.3 Å². The third kappa shape index (κ3) is 7.61. The standard InChI is InChI=1S/C34H36N4O7/c1-33(2,3)45-32(41)35-20-21-7-6-8-24(17-21)37-31(40)34(15-16-34)30(39)36-23-10-12-25(13-11-23)44-29-14-9-22-18-27(42-4)28(43-5)19-26(22)38-29/h6-14,17-19H,15-16,20H2,1-5H3,(H,35,41)(H,36,39)(H,37,40). The van der Waals surface area contributed by atoms with E-state index >= 15 is 0 Å². The van der Waals surface area contributed by atoms with Crippen molar-refractivity contribution in [1.29, 1.82) is 0 Å². The van der Waals surface area contributed by atoms with E-state index in [1.165, 1.54) is 0 Å². The highest BCUT2D eigenvalue weighted by molar-refractivity contribution is 6.16. The van der Waals surface area contributed by atoms with Crippen LogP contribution in [0.25, 0.3) is 10.9 Å². The fourth-order valence-corrected chi connectivity index (χ4v) is 4.65. The highest BCUT2D eigenvalue weighted by Crippen LogP contribution is 2.47. The second kappa shape index (κ2) is 12.7. The molecule has 0 bridgehead atoms. The molecule has 11 heteroatoms. The zero-order chi connectivity index (χ0) is 32.2. The van der Waals surface area contributed by atoms with E-state index in [-0.39, 0.29) is 18.4 Å². The van der Waals surface area contributed by atoms with Gasteiger partial charge in [0.15, 0.2) is 11.5 Å². The Bertz CT molecular complexity index is 1730. The molecule has 5 rings (SSSR count). The number of alkyl carbamates (subject to hydrolysis) is 1. The number of rotatable bonds is 10. The molecule has 1 aromatic heterocycles. The Labute approximate surface area is 261 Å². The number of carbonyl (C=O) groups excluding carboxylic acids is 3. The third-order valence-electron chi connectivity index (χ3n) is 7.14. The Morgan fingerprint density at radius 1 is 0.822 bits per heavy atom. The molecule has 1 fully saturated rings. The molecular formula is C34H36N4O7. The minimum atomic E-state index is -1.15. The first-order valence-corrected chi connectivity index (χ1v) is 14.5. The Morgan fingerprint density at radius 2 is 1.49 bits per heavy atom. The molecule has 1 aliphatic carbocycles. The minimum Gasteiger partial charge on any atom is -0.493 e. The molecule has 0 aliphatic heterocycles. The lowest BCUT2D eigenvalue weighted by atomic mass is 10.0. The zero-order valence-corrected chi connectivity index (χ0v) is 25.9. The number of hydrogen-bond acceptors (Lipinski definition) is 8. The van der Waals surface area contributed by atoms with Gasteiger partial charge in [-0.05, 0) is 87.7 Å². The highest BCUT2D eigenvalue weighted by atomic mass is 16.6. The lowest BCUT2D eigenvalue weighted by molar-refractivity contribution is -0.131. The molecule has 1 heterocycles. The lowest BCUT2D eigenvalue weighted by Crippen LogP contribution is -2.35. The summed E-state index contributed by atoms with van der Waals surface area (Å²) in [5.41, 5.74) is 0.767. The number of fused-ring (bicyclic) bond motifs is 1. The maximum Gasteiger partial charge on any atom is 0.407 e. The number of nitrogens with zero attached hydrogens (tertiary/aromatic N) is 1. The van der Waals surface area contributed by atoms with Gasteiger partial charge < -0.3 is 34.9 Å². The molecule has 1 saturated carbocycles. The number of amides is 3. The number of methoxy groups -OCH3 is 2. The third-order valence-corrected chi connectivity index (χ3v) is 7.14. The number of carbonyl (C=O) groups is 3. The van der Waals surface area contributed by atoms with E-state index in [4.69, 9.17) is 18.9 Å². The van der Waals surface area contributed by atoms with E-state index < -0.39 is 17.1 Å². The summed E-state index contributed by atoms with van der Waals surface area (Å²) in [6.45, 7) is 5.59. The van der Waals surface area contributed by atoms with Crippen molar-refractivity contribution in [3.63, 3.8) is 0 Å². The number of anilines is 2. The number of ether oxygens (including phenoxy) is 4. The van der Waals surface area contributed by atoms with Crippen molar-refractivity contribution in [3.8, 4) is 23.1 Å². The van der Waals surface area contributed by atoms with Crippen molar-refractivity contribution in [3.05, 3.63) is 78.4 Å². The van der Waals surface area contributed by atoms with Gasteiger partial charge in [0.05, 0.1) is 19.7 Å². The topological polar surface area (TPSA) is 137 Å². The molecule has 3 amide bonds. The minimum absolute atomic E-state index is 0.227. The molecule has 0 atom stereocenters. The van der Waals surface area contributed by atoms with Gasteiger partial charge in [0.2, 0.25) is 17.7 Å². The summed E-state index contributed by atoms with van der Waals surface area (Å²) in [7, 11) is 3.15. The fourth-order valence-electron chi connectivity index (χ4n) is 4.65. The number of hydrogen-bond donors (Lipinski definition) is 3. The summed E-state index contributed by atoms with van der Waals surface area (Å²) in [6.07, 6.45) is 0.351. The molecule has 45 heavy (non-hydrogen) atoms. The second-order valence-corrected chi connectivity index (χ2v) is 11.7. The van der Waals surface area contributed by atoms with Crippen LogP contribution in [0.5, 0.6) is 23.1 Å². The van der Waals surface area contributed by atoms with Gasteiger partial charge in [0, 0.05) is 35.4 Å². The molecule has 1 aliphatic rings. The summed E-state index contributed by atoms with van der Waals surface area (Å²) in [5.74, 6) is 1.34. The Balaban J connectivity index is 1.17. The van der Waals surface area contributed by atoms with E-state index in [9.17, 15) is 14.4 Å². The molecular weight excluding hydrogens is 576 g/mol. The van der Waals surface area contributed by atoms with Crippen LogP contribution in [0.15, 0.2) is 72.8 Å². The van der Waals surface area contributed by atoms with E-state index in [1.54, 1.807) is 89.6 Å². The molecule has 3 N–H and O–H groups in total. The quantitative estimate of drug-likeness (QED) is 0.174. The van der Waals surface area contributed by atoms with Crippen LogP contribution in [0.3, 0.4) is 0 Å². The van der Waals surface area contributed by atoms with Crippen LogP contribution in [-0.2, 0) is 20.9 Å². The fraction of sp³-hybridized carbons (Fsp3) is 0.294. The van der Waals surface area contributed by atoms with Gasteiger partial charge >= 0.3 is 6.09 Å². The first-order valence-electron chi connectivity index (χ1n) is 14.5. The van der Waals surface area contributed by atoms with Crippen molar-refractivity contribution < 1.29 is 33.3 Å². The number of nitrogens with one attached hydrogen (secondary N) is 3. The molecule has 0 radical (unpaired) electrons. The average molecular weight is 613 g/mol. The largest absolute Gasteiger partial charge is 0.493 e. The molecule has 4 aromatic rings. The second-order valence-electron chi connectivity index (χ2n) is 11.7. The first-order chi connectivity index (χ1) is 21.5. The smallest absolute Gasteiger partial charge is 0.407 e. The Hall–Kier alpha value is -5.32. The van der Waals surface area contributed by atoms with Gasteiger partial charge in [0.1, 0.15) is 16.8 Å². The van der Waals surface area contributed by atoms with Crippen molar-refractivity contribution in [2.45, 2.75) is 45.8 Å². The molecule has 234 valence electrons. The predicted octanol–water partition coefficient (Wildman–Crippen LogP) is 6.43. The maximum atomic E-state index is 13.2. The van der Waals surface area contributed by atoms with Gasteiger partial charge in [-0.15, -0.1) is 0 Å². The van der Waals surface area contributed by atoms with E-state index in [1.807, 2.05) is 18.2 Å². The average Bonchev–Trinajstić information content (AvgIpc) is 3.82. The van der Waals surface area contributed by atoms with Gasteiger partial charge in [-0.3, -0.25) is 9.59 Å². The van der Waals surface area contributed by atoms with E-state index in [0.29, 0.717) is 52.9 Å². The van der Waals surface area contributed by atoms with Gasteiger partial charge in [0.25, 0.3) is 0 Å². The van der Waals surface area contributed by atoms with E-state index in [0.717, 1.165) is 10.9 Å². The van der Waals surface area contributed by atoms with Crippen LogP contribution in [0.4, 0.5) is 16.2 Å². The van der Waals surface area contributed by atoms with Crippen LogP contribution >= 0.6 is 0 Å². The van der Waals surface area contributed by atoms with E-state index in [2.05, 4.69) is 20.9 Å². The SMILES string of the molecule is COc1cc2ccc(Oc3ccc(NC(=O)C4(C(=O)Nc5cccc(CNC(=O)OC(C)(C)C)c5)CC4)cc3)nc2cc1OC. The summed E-state index contributed by atoms with van der Waals surface area (Å²) < 4.78 is 21.9. The monoisotopic (exact) mass is 612 g/mol. The van der Waals surface area contributed by atoms with Crippen LogP contribution in [0.1, 0.15) is 39.2 Å². The van der Waals surface area contributed by atoms with Crippen molar-refractivity contribution in [2.75, 3.05) is 24.9 Å². The molecule has 0 saturated heterocycles. The normalized spacial score (nSPS) is 13.4. The molecule has 3 aromatic carbocycles. The van der Waals surface area contributed by atoms with Gasteiger partial charge in [-0.1, -0.05) is 12.1 Å². The van der Waals surface area contributed by atoms with Crippen molar-refractivity contribution in [2.24, 2.45) is 5.41 Å². The van der Waals surface area contributed by atoms with Crippen LogP contribution in [0, 0.1) is 5.41 Å². The van der Waals surface area contributed by atoms with Gasteiger partial charge in [-0.25, -0.2) is 9.78 Å². The Morgan fingerprint density at radius 3 is 2.13 bits per heavy atom. The van der Waals surface area contributed by atoms with Crippen LogP contribution < -0.4 is 30.2 Å². The highest BCUT2D eigenvalue weighted by Gasteiger charge is 2.56. The first kappa shape index (κ1) is 31.1. The number of benzene rings is 3. The number of pyridine rings is 1. The lowest BCUT2D eigenvalue weighted by Gasteiger charge is -2.20. The summed E-state index contributed by atoms with van der Waals surface area (Å²) in [6, 6.07) is 21.2. The Kier molecular flexibility index (Phi) is 8.80. The maximum absolute atomic E-state index is 13.2. The van der Waals surface area contributed by atoms with Crippen LogP contribution in [-0.4, -0.2) is 42.7 Å². The molecule has 0 spiro atoms. The molecule has 11 nitrogen and oxygen atoms in total. The zero-order valence-electron chi connectivity index (χ0n) is 25.9. The van der Waals surface area contributed by atoms with Gasteiger partial charge in [-0.2, -0.15) is 0 Å². The molecule has 0 unspecified atom stereocenters. The summed E-state index contributed by atoms with van der Waals surface area (Å²) >= 11 is 0. The van der Waals surface area contributed by atoms with Crippen molar-refractivity contribution >= 4 is 40.2 Å².